The van der Waals surface area contributed by atoms with Crippen LogP contribution in [0.3, 0.4) is 0 Å². The van der Waals surface area contributed by atoms with Crippen molar-refractivity contribution in [1.29, 1.82) is 0 Å². The molecule has 53 heavy (non-hydrogen) atoms. The van der Waals surface area contributed by atoms with Crippen molar-refractivity contribution in [3.8, 4) is 0 Å². The summed E-state index contributed by atoms with van der Waals surface area (Å²) >= 11 is 0. The molecule has 274 valence electrons. The molecule has 0 amide bonds. The maximum atomic E-state index is 14.2. The molecule has 8 bridgehead atoms. The van der Waals surface area contributed by atoms with Crippen molar-refractivity contribution in [2.75, 3.05) is 13.7 Å². The number of fused-ring (bicyclic) bond motifs is 7. The number of aromatic nitrogens is 3. The third kappa shape index (κ3) is 7.17. The van der Waals surface area contributed by atoms with E-state index in [0.29, 0.717) is 92.5 Å². The topological polar surface area (TPSA) is 143 Å². The Hall–Kier alpha value is -4.35. The summed E-state index contributed by atoms with van der Waals surface area (Å²) in [5.74, 6) is -2.72. The predicted octanol–water partition coefficient (Wildman–Crippen LogP) is 5.31. The van der Waals surface area contributed by atoms with Gasteiger partial charge in [0.15, 0.2) is 5.78 Å². The molecule has 0 unspecified atom stereocenters. The van der Waals surface area contributed by atoms with Gasteiger partial charge >= 0.3 is 35.0 Å². The van der Waals surface area contributed by atoms with Gasteiger partial charge in [0.25, 0.3) is 0 Å². The van der Waals surface area contributed by atoms with Crippen LogP contribution in [0.5, 0.6) is 0 Å². The van der Waals surface area contributed by atoms with Crippen molar-refractivity contribution in [2.24, 2.45) is 23.7 Å². The Labute approximate surface area is 326 Å². The van der Waals surface area contributed by atoms with Crippen LogP contribution in [0.1, 0.15) is 126 Å². The minimum Gasteiger partial charge on any atom is -0.664 e. The van der Waals surface area contributed by atoms with E-state index >= 15 is 0 Å². The summed E-state index contributed by atoms with van der Waals surface area (Å²) in [4.78, 5) is 68.0. The van der Waals surface area contributed by atoms with Crippen LogP contribution in [-0.4, -0.2) is 60.8 Å². The summed E-state index contributed by atoms with van der Waals surface area (Å²) < 4.78 is 10.8. The van der Waals surface area contributed by atoms with Crippen LogP contribution in [0.15, 0.2) is 18.0 Å². The number of carbonyl (C=O) groups is 4. The van der Waals surface area contributed by atoms with E-state index in [2.05, 4.69) is 20.4 Å². The van der Waals surface area contributed by atoms with E-state index in [1.807, 2.05) is 32.9 Å². The molecule has 5 heterocycles. The van der Waals surface area contributed by atoms with Crippen LogP contribution in [0.4, 0.5) is 0 Å². The van der Waals surface area contributed by atoms with Crippen LogP contribution in [0, 0.1) is 37.5 Å². The molecule has 0 radical (unpaired) electrons. The van der Waals surface area contributed by atoms with Crippen LogP contribution in [-0.2, 0) is 25.5 Å². The Morgan fingerprint density at radius 3 is 2.36 bits per heavy atom. The Morgan fingerprint density at radius 1 is 0.981 bits per heavy atom. The molecular formula is C42H46MgN4O6-2. The zero-order chi connectivity index (χ0) is 37.4. The number of hydrogen-bond donors (Lipinski definition) is 0. The van der Waals surface area contributed by atoms with Gasteiger partial charge in [-0.3, -0.25) is 19.2 Å². The molecule has 3 aliphatic rings. The SMILES string of the molecule is C=Cc1c2[n-]c(c1C)/C=C1\[N-]/C(=C3\c4[n-]c(c(C)c4C(=O)[C@@H]3C(=O)OC)/C=c3\[n-]/c(c(C=O)c3CC)=C\2)[C@@H](CCC(=O)OCC[C@@H](C)CCC)[C@@H]1C.[Mg+2]. The molecule has 11 heteroatoms. The van der Waals surface area contributed by atoms with Crippen LogP contribution < -0.4 is 25.7 Å². The van der Waals surface area contributed by atoms with Gasteiger partial charge in [0.2, 0.25) is 0 Å². The van der Waals surface area contributed by atoms with Crippen molar-refractivity contribution in [1.82, 2.24) is 15.0 Å². The number of rotatable bonds is 12. The molecule has 2 aliphatic heterocycles. The van der Waals surface area contributed by atoms with Gasteiger partial charge in [0.05, 0.1) is 13.7 Å². The van der Waals surface area contributed by atoms with Crippen molar-refractivity contribution in [3.63, 3.8) is 0 Å². The molecule has 10 nitrogen and oxygen atoms in total. The number of esters is 2. The van der Waals surface area contributed by atoms with Crippen LogP contribution in [0.25, 0.3) is 35.2 Å². The Bertz CT molecular complexity index is 2160. The van der Waals surface area contributed by atoms with Gasteiger partial charge in [-0.2, -0.15) is 11.4 Å². The monoisotopic (exact) mass is 726 g/mol. The molecule has 6 rings (SSSR count). The first kappa shape index (κ1) is 39.8. The molecule has 1 fully saturated rings. The molecule has 0 saturated carbocycles. The molecule has 0 aromatic carbocycles. The summed E-state index contributed by atoms with van der Waals surface area (Å²) in [6.45, 7) is 16.5. The van der Waals surface area contributed by atoms with Crippen LogP contribution >= 0.6 is 0 Å². The molecular weight excluding hydrogens is 681 g/mol. The van der Waals surface area contributed by atoms with Gasteiger partial charge in [-0.15, -0.1) is 33.5 Å². The Kier molecular flexibility index (Phi) is 12.3. The fraction of sp³-hybridized carbons (Fsp3) is 0.429. The van der Waals surface area contributed by atoms with Gasteiger partial charge in [-0.1, -0.05) is 93.7 Å². The number of allylic oxidation sites excluding steroid dienone is 2. The maximum absolute atomic E-state index is 14.2. The summed E-state index contributed by atoms with van der Waals surface area (Å²) in [5, 5.41) is 6.21. The van der Waals surface area contributed by atoms with Gasteiger partial charge in [0.1, 0.15) is 12.2 Å². The van der Waals surface area contributed by atoms with Gasteiger partial charge in [0, 0.05) is 17.5 Å². The van der Waals surface area contributed by atoms with Gasteiger partial charge in [-0.25, -0.2) is 0 Å². The fourth-order valence-electron chi connectivity index (χ4n) is 7.95. The van der Waals surface area contributed by atoms with E-state index in [1.54, 1.807) is 19.1 Å². The smallest absolute Gasteiger partial charge is 0.664 e. The summed E-state index contributed by atoms with van der Waals surface area (Å²) in [5.41, 5.74) is 7.67. The standard InChI is InChI=1S/C42H47N4O6.Mg/c1-9-12-21(4)15-16-52-35(48)14-13-27-23(6)30-17-29-22(5)25(10-2)32(43-29)19-34-28(20-47)26(11-3)33(44-34)18-31-24(7)36-40(46-31)37(39(27)45-30)38(41(36)49)42(50)51-8;/h10,17-21,23,27,38H,2,9,11-16H2,1,3-8H3,(H-,45,46,47,49);/q-3;+2/p-1/b30-17-,34-19-;/t21-,23-,27-,38+;/m0./s1. The van der Waals surface area contributed by atoms with Crippen molar-refractivity contribution >= 4 is 76.9 Å². The predicted molar refractivity (Wildman–Crippen MR) is 205 cm³/mol. The normalized spacial score (nSPS) is 22.7. The van der Waals surface area contributed by atoms with Crippen LogP contribution in [0.2, 0.25) is 0 Å². The number of carbonyl (C=O) groups excluding carboxylic acids is 4. The molecule has 1 aliphatic carbocycles. The molecule has 1 saturated heterocycles. The second-order valence-corrected chi connectivity index (χ2v) is 14.1. The first-order valence-electron chi connectivity index (χ1n) is 18.2. The minimum atomic E-state index is -1.25. The number of aldehydes is 1. The first-order chi connectivity index (χ1) is 25.0. The van der Waals surface area contributed by atoms with Crippen molar-refractivity contribution in [2.45, 2.75) is 80.1 Å². The molecule has 4 atom stereocenters. The second kappa shape index (κ2) is 16.3. The molecule has 0 spiro atoms. The molecule has 3 aromatic heterocycles. The number of hydrogen-bond acceptors (Lipinski definition) is 6. The van der Waals surface area contributed by atoms with Gasteiger partial charge < -0.3 is 29.7 Å². The number of methoxy groups -OCH3 is 1. The number of Topliss-reactive ketones (excluding diaryl/α,β-unsaturated/α-hetero) is 1. The molecule has 0 N–H and O–H groups in total. The fourth-order valence-corrected chi connectivity index (χ4v) is 7.95. The van der Waals surface area contributed by atoms with E-state index in [-0.39, 0.29) is 47.3 Å². The maximum Gasteiger partial charge on any atom is 2.00 e. The van der Waals surface area contributed by atoms with E-state index in [1.165, 1.54) is 7.11 Å². The number of nitrogens with zero attached hydrogens (tertiary/aromatic N) is 4. The second-order valence-electron chi connectivity index (χ2n) is 14.1. The van der Waals surface area contributed by atoms with E-state index in [4.69, 9.17) is 29.7 Å². The summed E-state index contributed by atoms with van der Waals surface area (Å²) in [6.07, 6.45) is 12.1. The number of ketones is 1. The van der Waals surface area contributed by atoms with E-state index in [9.17, 15) is 19.2 Å². The first-order valence-corrected chi connectivity index (χ1v) is 18.2. The average Bonchev–Trinajstić information content (AvgIpc) is 3.87. The number of ether oxygens (including phenoxy) is 2. The largest absolute Gasteiger partial charge is 2.00 e. The van der Waals surface area contributed by atoms with Crippen molar-refractivity contribution < 1.29 is 28.7 Å². The summed E-state index contributed by atoms with van der Waals surface area (Å²) in [6, 6.07) is 0. The third-order valence-electron chi connectivity index (χ3n) is 10.9. The molecule has 3 aromatic rings. The Morgan fingerprint density at radius 2 is 1.70 bits per heavy atom. The van der Waals surface area contributed by atoms with Gasteiger partial charge in [-0.05, 0) is 56.4 Å². The zero-order valence-electron chi connectivity index (χ0n) is 31.8. The van der Waals surface area contributed by atoms with Crippen molar-refractivity contribution in [3.05, 3.63) is 90.1 Å². The van der Waals surface area contributed by atoms with E-state index in [0.717, 1.165) is 42.2 Å². The quantitative estimate of drug-likeness (QED) is 0.105. The van der Waals surface area contributed by atoms with E-state index < -0.39 is 17.7 Å². The zero-order valence-corrected chi connectivity index (χ0v) is 33.2. The average molecular weight is 727 g/mol. The third-order valence-corrected chi connectivity index (χ3v) is 10.9. The minimum absolute atomic E-state index is 0. The Balaban J connectivity index is 0.00000541. The summed E-state index contributed by atoms with van der Waals surface area (Å²) in [7, 11) is 1.26.